The molecule has 8 heteroatoms. The van der Waals surface area contributed by atoms with Crippen LogP contribution < -0.4 is 10.5 Å². The Morgan fingerprint density at radius 1 is 1.48 bits per heavy atom. The number of nitrogens with zero attached hydrogens (tertiary/aromatic N) is 2. The monoisotopic (exact) mass is 324 g/mol. The van der Waals surface area contributed by atoms with Crippen molar-refractivity contribution < 1.29 is 8.42 Å². The minimum atomic E-state index is -3.55. The molecule has 6 nitrogen and oxygen atoms in total. The first-order valence-electron chi connectivity index (χ1n) is 6.26. The van der Waals surface area contributed by atoms with E-state index in [0.29, 0.717) is 17.7 Å². The summed E-state index contributed by atoms with van der Waals surface area (Å²) in [6, 6.07) is 4.80. The summed E-state index contributed by atoms with van der Waals surface area (Å²) in [4.78, 5) is 4.37. The fourth-order valence-corrected chi connectivity index (χ4v) is 3.28. The van der Waals surface area contributed by atoms with Crippen LogP contribution in [-0.2, 0) is 16.6 Å². The number of nitrogens with one attached hydrogen (secondary N) is 1. The predicted molar refractivity (Wildman–Crippen MR) is 84.5 cm³/mol. The number of aryl methyl sites for hydroxylation is 1. The molecule has 21 heavy (non-hydrogen) atoms. The van der Waals surface area contributed by atoms with Gasteiger partial charge in [-0.25, -0.2) is 18.1 Å². The maximum absolute atomic E-state index is 12.3. The largest absolute Gasteiger partial charge is 0.389 e. The van der Waals surface area contributed by atoms with Crippen molar-refractivity contribution in [3.63, 3.8) is 0 Å². The van der Waals surface area contributed by atoms with Crippen LogP contribution in [0.5, 0.6) is 0 Å². The second-order valence-electron chi connectivity index (χ2n) is 4.54. The van der Waals surface area contributed by atoms with Gasteiger partial charge in [-0.05, 0) is 24.6 Å². The highest BCUT2D eigenvalue weighted by Crippen LogP contribution is 2.16. The van der Waals surface area contributed by atoms with Crippen molar-refractivity contribution in [2.24, 2.45) is 5.73 Å². The fraction of sp³-hybridized carbons (Fsp3) is 0.231. The molecule has 0 bridgehead atoms. The smallest absolute Gasteiger partial charge is 0.240 e. The standard InChI is InChI=1S/C13H16N4O2S2/c1-10-8-11(13(14)20)2-3-12(10)21(18,19)16-5-7-17-6-4-15-9-17/h2-4,6,8-9,16H,5,7H2,1H3,(H2,14,20). The van der Waals surface area contributed by atoms with Crippen LogP contribution in [0.4, 0.5) is 0 Å². The Kier molecular flexibility index (Phi) is 4.71. The number of aromatic nitrogens is 2. The molecule has 1 aromatic heterocycles. The highest BCUT2D eigenvalue weighted by Gasteiger charge is 2.16. The molecule has 0 aliphatic rings. The first-order valence-corrected chi connectivity index (χ1v) is 8.15. The topological polar surface area (TPSA) is 90.0 Å². The molecule has 0 radical (unpaired) electrons. The Labute approximate surface area is 129 Å². The van der Waals surface area contributed by atoms with Gasteiger partial charge in [0.2, 0.25) is 10.0 Å². The molecule has 0 aliphatic heterocycles. The minimum absolute atomic E-state index is 0.230. The number of imidazole rings is 1. The highest BCUT2D eigenvalue weighted by atomic mass is 32.2. The quantitative estimate of drug-likeness (QED) is 0.767. The van der Waals surface area contributed by atoms with Crippen molar-refractivity contribution in [2.75, 3.05) is 6.54 Å². The maximum atomic E-state index is 12.3. The molecule has 0 unspecified atom stereocenters. The van der Waals surface area contributed by atoms with Crippen LogP contribution >= 0.6 is 12.2 Å². The van der Waals surface area contributed by atoms with Crippen molar-refractivity contribution in [3.05, 3.63) is 48.0 Å². The van der Waals surface area contributed by atoms with Crippen molar-refractivity contribution >= 4 is 27.2 Å². The van der Waals surface area contributed by atoms with Crippen LogP contribution in [0.15, 0.2) is 41.8 Å². The molecule has 3 N–H and O–H groups in total. The summed E-state index contributed by atoms with van der Waals surface area (Å²) >= 11 is 4.88. The predicted octanol–water partition coefficient (Wildman–Crippen LogP) is 0.804. The third-order valence-corrected chi connectivity index (χ3v) is 4.83. The van der Waals surface area contributed by atoms with E-state index in [9.17, 15) is 8.42 Å². The zero-order chi connectivity index (χ0) is 15.5. The van der Waals surface area contributed by atoms with E-state index in [-0.39, 0.29) is 16.4 Å². The van der Waals surface area contributed by atoms with Gasteiger partial charge in [0.05, 0.1) is 11.2 Å². The molecular weight excluding hydrogens is 308 g/mol. The number of sulfonamides is 1. The number of nitrogens with two attached hydrogens (primary N) is 1. The first kappa shape index (κ1) is 15.6. The zero-order valence-corrected chi connectivity index (χ0v) is 13.1. The van der Waals surface area contributed by atoms with Crippen LogP contribution in [-0.4, -0.2) is 29.5 Å². The molecule has 0 atom stereocenters. The SMILES string of the molecule is Cc1cc(C(N)=S)ccc1S(=O)(=O)NCCn1ccnc1. The van der Waals surface area contributed by atoms with E-state index in [4.69, 9.17) is 18.0 Å². The molecule has 0 aliphatic carbocycles. The molecular formula is C13H16N4O2S2. The highest BCUT2D eigenvalue weighted by molar-refractivity contribution is 7.89. The van der Waals surface area contributed by atoms with E-state index in [2.05, 4.69) is 9.71 Å². The summed E-state index contributed by atoms with van der Waals surface area (Å²) in [6.45, 7) is 2.52. The van der Waals surface area contributed by atoms with E-state index in [1.807, 2.05) is 0 Å². The Morgan fingerprint density at radius 2 is 2.24 bits per heavy atom. The summed E-state index contributed by atoms with van der Waals surface area (Å²) in [7, 11) is -3.55. The van der Waals surface area contributed by atoms with E-state index < -0.39 is 10.0 Å². The summed E-state index contributed by atoms with van der Waals surface area (Å²) in [6.07, 6.45) is 5.06. The first-order chi connectivity index (χ1) is 9.90. The fourth-order valence-electron chi connectivity index (χ4n) is 1.91. The zero-order valence-electron chi connectivity index (χ0n) is 11.5. The number of benzene rings is 1. The average Bonchev–Trinajstić information content (AvgIpc) is 2.91. The van der Waals surface area contributed by atoms with Gasteiger partial charge in [-0.2, -0.15) is 0 Å². The maximum Gasteiger partial charge on any atom is 0.240 e. The van der Waals surface area contributed by atoms with Gasteiger partial charge in [0.15, 0.2) is 0 Å². The molecule has 0 fully saturated rings. The Morgan fingerprint density at radius 3 is 2.81 bits per heavy atom. The van der Waals surface area contributed by atoms with Crippen LogP contribution in [0, 0.1) is 6.92 Å². The van der Waals surface area contributed by atoms with Gasteiger partial charge in [0, 0.05) is 31.0 Å². The number of hydrogen-bond donors (Lipinski definition) is 2. The lowest BCUT2D eigenvalue weighted by atomic mass is 10.1. The second kappa shape index (κ2) is 6.33. The normalized spacial score (nSPS) is 11.5. The third kappa shape index (κ3) is 3.87. The molecule has 112 valence electrons. The lowest BCUT2D eigenvalue weighted by molar-refractivity contribution is 0.572. The van der Waals surface area contributed by atoms with Crippen molar-refractivity contribution in [1.29, 1.82) is 0 Å². The number of thiocarbonyl (C=S) groups is 1. The van der Waals surface area contributed by atoms with Crippen molar-refractivity contribution in [2.45, 2.75) is 18.4 Å². The molecule has 2 rings (SSSR count). The minimum Gasteiger partial charge on any atom is -0.389 e. The van der Waals surface area contributed by atoms with Crippen LogP contribution in [0.3, 0.4) is 0 Å². The molecule has 1 aromatic carbocycles. The van der Waals surface area contributed by atoms with Gasteiger partial charge in [-0.3, -0.25) is 0 Å². The molecule has 0 amide bonds. The number of rotatable bonds is 6. The van der Waals surface area contributed by atoms with Gasteiger partial charge in [0.25, 0.3) is 0 Å². The molecule has 0 saturated carbocycles. The van der Waals surface area contributed by atoms with Crippen molar-refractivity contribution in [3.8, 4) is 0 Å². The van der Waals surface area contributed by atoms with Crippen LogP contribution in [0.1, 0.15) is 11.1 Å². The van der Waals surface area contributed by atoms with E-state index in [0.717, 1.165) is 0 Å². The molecule has 0 spiro atoms. The molecule has 2 aromatic rings. The van der Waals surface area contributed by atoms with Crippen LogP contribution in [0.25, 0.3) is 0 Å². The van der Waals surface area contributed by atoms with Crippen molar-refractivity contribution in [1.82, 2.24) is 14.3 Å². The second-order valence-corrected chi connectivity index (χ2v) is 6.72. The Hall–Kier alpha value is -1.77. The van der Waals surface area contributed by atoms with Crippen LogP contribution in [0.2, 0.25) is 0 Å². The van der Waals surface area contributed by atoms with E-state index >= 15 is 0 Å². The third-order valence-electron chi connectivity index (χ3n) is 2.97. The number of hydrogen-bond acceptors (Lipinski definition) is 4. The van der Waals surface area contributed by atoms with Gasteiger partial charge in [0.1, 0.15) is 4.99 Å². The van der Waals surface area contributed by atoms with Gasteiger partial charge in [-0.15, -0.1) is 0 Å². The average molecular weight is 324 g/mol. The Bertz CT molecular complexity index is 740. The summed E-state index contributed by atoms with van der Waals surface area (Å²) in [5.74, 6) is 0. The lowest BCUT2D eigenvalue weighted by Crippen LogP contribution is -2.28. The van der Waals surface area contributed by atoms with E-state index in [1.54, 1.807) is 42.3 Å². The van der Waals surface area contributed by atoms with Gasteiger partial charge >= 0.3 is 0 Å². The Balaban J connectivity index is 2.10. The summed E-state index contributed by atoms with van der Waals surface area (Å²) in [5.41, 5.74) is 6.79. The van der Waals surface area contributed by atoms with E-state index in [1.165, 1.54) is 6.07 Å². The summed E-state index contributed by atoms with van der Waals surface area (Å²) in [5, 5.41) is 0. The molecule has 0 saturated heterocycles. The lowest BCUT2D eigenvalue weighted by Gasteiger charge is -2.10. The molecule has 1 heterocycles. The van der Waals surface area contributed by atoms with Gasteiger partial charge < -0.3 is 10.3 Å². The van der Waals surface area contributed by atoms with Gasteiger partial charge in [-0.1, -0.05) is 18.3 Å². The summed E-state index contributed by atoms with van der Waals surface area (Å²) < 4.78 is 28.9.